The maximum absolute atomic E-state index is 2.66. The van der Waals surface area contributed by atoms with E-state index in [1.807, 2.05) is 0 Å². The van der Waals surface area contributed by atoms with E-state index in [2.05, 4.69) is 13.8 Å². The fraction of sp³-hybridized carbons (Fsp3) is 1.00. The molecule has 0 aromatic rings. The first-order valence-corrected chi connectivity index (χ1v) is 12.8. The summed E-state index contributed by atoms with van der Waals surface area (Å²) in [7, 11) is 0. The van der Waals surface area contributed by atoms with Crippen molar-refractivity contribution < 1.29 is 0 Å². The predicted octanol–water partition coefficient (Wildman–Crippen LogP) is 8.25. The molecule has 0 aromatic heterocycles. The van der Waals surface area contributed by atoms with E-state index in [0.29, 0.717) is 0 Å². The van der Waals surface area contributed by atoms with Crippen LogP contribution < -0.4 is 0 Å². The van der Waals surface area contributed by atoms with E-state index >= 15 is 0 Å². The Labute approximate surface area is 164 Å². The van der Waals surface area contributed by atoms with Gasteiger partial charge in [-0.05, 0) is 73.0 Å². The standard InChI is InChI=1S/C26H46/c1-3-20-11-7-13-23(18-20)26-24(16-15-21-9-5-4-6-10-21)19(2)17-22-12-8-14-25(22)26/h19-26H,3-18H2,1-2H3. The Hall–Kier alpha value is 0. The maximum Gasteiger partial charge on any atom is -0.0324 e. The molecule has 0 heteroatoms. The largest absolute Gasteiger partial charge is 0.0651 e. The van der Waals surface area contributed by atoms with Gasteiger partial charge in [0.25, 0.3) is 0 Å². The summed E-state index contributed by atoms with van der Waals surface area (Å²) < 4.78 is 0. The van der Waals surface area contributed by atoms with Crippen molar-refractivity contribution in [1.29, 1.82) is 0 Å². The van der Waals surface area contributed by atoms with E-state index < -0.39 is 0 Å². The highest BCUT2D eigenvalue weighted by Crippen LogP contribution is 2.56. The normalized spacial score (nSPS) is 44.8. The minimum absolute atomic E-state index is 1.02. The average molecular weight is 359 g/mol. The van der Waals surface area contributed by atoms with Crippen LogP contribution in [0.4, 0.5) is 0 Å². The molecule has 4 rings (SSSR count). The van der Waals surface area contributed by atoms with Crippen LogP contribution >= 0.6 is 0 Å². The second-order valence-electron chi connectivity index (χ2n) is 11.1. The fourth-order valence-electron chi connectivity index (χ4n) is 8.35. The molecule has 0 aromatic carbocycles. The fourth-order valence-corrected chi connectivity index (χ4v) is 8.35. The third-order valence-electron chi connectivity index (χ3n) is 9.69. The molecule has 0 nitrogen and oxygen atoms in total. The van der Waals surface area contributed by atoms with Gasteiger partial charge in [-0.3, -0.25) is 0 Å². The summed E-state index contributed by atoms with van der Waals surface area (Å²) in [6, 6.07) is 0. The zero-order valence-electron chi connectivity index (χ0n) is 17.9. The van der Waals surface area contributed by atoms with E-state index in [1.165, 1.54) is 32.1 Å². The van der Waals surface area contributed by atoms with Crippen LogP contribution in [0.5, 0.6) is 0 Å². The third kappa shape index (κ3) is 4.20. The lowest BCUT2D eigenvalue weighted by Gasteiger charge is -2.50. The van der Waals surface area contributed by atoms with E-state index in [-0.39, 0.29) is 0 Å². The van der Waals surface area contributed by atoms with Crippen molar-refractivity contribution in [2.45, 2.75) is 117 Å². The van der Waals surface area contributed by atoms with Gasteiger partial charge in [0.05, 0.1) is 0 Å². The van der Waals surface area contributed by atoms with Crippen LogP contribution in [0.1, 0.15) is 117 Å². The highest BCUT2D eigenvalue weighted by Gasteiger charge is 2.48. The van der Waals surface area contributed by atoms with Gasteiger partial charge in [0, 0.05) is 0 Å². The molecule has 0 aliphatic heterocycles. The van der Waals surface area contributed by atoms with Gasteiger partial charge in [0.1, 0.15) is 0 Å². The van der Waals surface area contributed by atoms with Gasteiger partial charge >= 0.3 is 0 Å². The second-order valence-corrected chi connectivity index (χ2v) is 11.1. The lowest BCUT2D eigenvalue weighted by atomic mass is 9.55. The van der Waals surface area contributed by atoms with Crippen molar-refractivity contribution in [3.8, 4) is 0 Å². The van der Waals surface area contributed by atoms with Crippen molar-refractivity contribution in [3.05, 3.63) is 0 Å². The first kappa shape index (κ1) is 19.3. The van der Waals surface area contributed by atoms with E-state index in [0.717, 1.165) is 47.3 Å². The summed E-state index contributed by atoms with van der Waals surface area (Å²) in [6.07, 6.45) is 24.9. The minimum Gasteiger partial charge on any atom is -0.0651 e. The summed E-state index contributed by atoms with van der Waals surface area (Å²) in [5, 5.41) is 0. The van der Waals surface area contributed by atoms with Crippen molar-refractivity contribution in [2.24, 2.45) is 47.3 Å². The molecule has 0 spiro atoms. The quantitative estimate of drug-likeness (QED) is 0.464. The molecule has 4 fully saturated rings. The second kappa shape index (κ2) is 9.00. The Morgan fingerprint density at radius 1 is 0.654 bits per heavy atom. The Kier molecular flexibility index (Phi) is 6.69. The number of rotatable bonds is 5. The third-order valence-corrected chi connectivity index (χ3v) is 9.69. The minimum atomic E-state index is 1.02. The molecular formula is C26H46. The van der Waals surface area contributed by atoms with Crippen molar-refractivity contribution in [2.75, 3.05) is 0 Å². The summed E-state index contributed by atoms with van der Waals surface area (Å²) in [5.74, 6) is 8.70. The highest BCUT2D eigenvalue weighted by molar-refractivity contribution is 4.97. The lowest BCUT2D eigenvalue weighted by molar-refractivity contribution is -0.00775. The number of fused-ring (bicyclic) bond motifs is 1. The molecule has 0 bridgehead atoms. The van der Waals surface area contributed by atoms with Crippen LogP contribution in [0.3, 0.4) is 0 Å². The molecular weight excluding hydrogens is 312 g/mol. The molecule has 7 atom stereocenters. The molecule has 0 N–H and O–H groups in total. The van der Waals surface area contributed by atoms with Gasteiger partial charge in [-0.25, -0.2) is 0 Å². The molecule has 0 saturated heterocycles. The van der Waals surface area contributed by atoms with Gasteiger partial charge in [0.15, 0.2) is 0 Å². The Morgan fingerprint density at radius 2 is 1.38 bits per heavy atom. The lowest BCUT2D eigenvalue weighted by Crippen LogP contribution is -2.42. The van der Waals surface area contributed by atoms with Gasteiger partial charge in [0.2, 0.25) is 0 Å². The molecule has 4 aliphatic carbocycles. The summed E-state index contributed by atoms with van der Waals surface area (Å²) in [6.45, 7) is 5.11. The van der Waals surface area contributed by atoms with Crippen LogP contribution in [-0.2, 0) is 0 Å². The van der Waals surface area contributed by atoms with Crippen LogP contribution in [0.25, 0.3) is 0 Å². The van der Waals surface area contributed by atoms with E-state index in [4.69, 9.17) is 0 Å². The van der Waals surface area contributed by atoms with Crippen molar-refractivity contribution in [3.63, 3.8) is 0 Å². The number of hydrogen-bond donors (Lipinski definition) is 0. The van der Waals surface area contributed by atoms with Gasteiger partial charge in [-0.2, -0.15) is 0 Å². The van der Waals surface area contributed by atoms with Crippen LogP contribution in [-0.4, -0.2) is 0 Å². The maximum atomic E-state index is 2.66. The predicted molar refractivity (Wildman–Crippen MR) is 113 cm³/mol. The van der Waals surface area contributed by atoms with Gasteiger partial charge < -0.3 is 0 Å². The summed E-state index contributed by atoms with van der Waals surface area (Å²) >= 11 is 0. The zero-order chi connectivity index (χ0) is 17.9. The first-order chi connectivity index (χ1) is 12.8. The summed E-state index contributed by atoms with van der Waals surface area (Å²) in [5.41, 5.74) is 0. The van der Waals surface area contributed by atoms with Crippen molar-refractivity contribution >= 4 is 0 Å². The first-order valence-electron chi connectivity index (χ1n) is 12.8. The Balaban J connectivity index is 1.46. The molecule has 7 unspecified atom stereocenters. The molecule has 150 valence electrons. The monoisotopic (exact) mass is 358 g/mol. The molecule has 0 amide bonds. The van der Waals surface area contributed by atoms with Gasteiger partial charge in [-0.1, -0.05) is 90.9 Å². The highest BCUT2D eigenvalue weighted by atomic mass is 14.5. The van der Waals surface area contributed by atoms with Gasteiger partial charge in [-0.15, -0.1) is 0 Å². The average Bonchev–Trinajstić information content (AvgIpc) is 3.14. The van der Waals surface area contributed by atoms with E-state index in [1.54, 1.807) is 70.6 Å². The Morgan fingerprint density at radius 3 is 2.19 bits per heavy atom. The van der Waals surface area contributed by atoms with Crippen LogP contribution in [0.2, 0.25) is 0 Å². The Bertz CT molecular complexity index is 420. The smallest absolute Gasteiger partial charge is 0.0324 e. The topological polar surface area (TPSA) is 0 Å². The number of hydrogen-bond acceptors (Lipinski definition) is 0. The molecule has 0 radical (unpaired) electrons. The van der Waals surface area contributed by atoms with Crippen LogP contribution in [0, 0.1) is 47.3 Å². The molecule has 0 heterocycles. The zero-order valence-corrected chi connectivity index (χ0v) is 17.9. The molecule has 26 heavy (non-hydrogen) atoms. The molecule has 4 aliphatic rings. The van der Waals surface area contributed by atoms with Crippen molar-refractivity contribution in [1.82, 2.24) is 0 Å². The van der Waals surface area contributed by atoms with Crippen LogP contribution in [0.15, 0.2) is 0 Å². The SMILES string of the molecule is CCC1CCCC(C2C(CCC3CCCCC3)C(C)CC3CCCC32)C1. The van der Waals surface area contributed by atoms with E-state index in [9.17, 15) is 0 Å². The molecule has 4 saturated carbocycles. The summed E-state index contributed by atoms with van der Waals surface area (Å²) in [4.78, 5) is 0.